The molecule has 0 heterocycles. The summed E-state index contributed by atoms with van der Waals surface area (Å²) >= 11 is 6.18. The maximum absolute atomic E-state index is 12.4. The van der Waals surface area contributed by atoms with E-state index in [1.54, 1.807) is 12.1 Å². The van der Waals surface area contributed by atoms with Gasteiger partial charge in [0.15, 0.2) is 0 Å². The molecule has 0 unspecified atom stereocenters. The molecule has 3 N–H and O–H groups in total. The van der Waals surface area contributed by atoms with Gasteiger partial charge in [-0.05, 0) is 35.7 Å². The Bertz CT molecular complexity index is 978. The summed E-state index contributed by atoms with van der Waals surface area (Å²) < 4.78 is 5.32. The Morgan fingerprint density at radius 3 is 2.21 bits per heavy atom. The molecule has 3 rings (SSSR count). The van der Waals surface area contributed by atoms with Crippen molar-refractivity contribution in [3.05, 3.63) is 101 Å². The van der Waals surface area contributed by atoms with Crippen LogP contribution in [0.4, 0.5) is 5.69 Å². The van der Waals surface area contributed by atoms with Crippen LogP contribution in [0.2, 0.25) is 5.02 Å². The van der Waals surface area contributed by atoms with Crippen LogP contribution >= 0.6 is 11.6 Å². The Morgan fingerprint density at radius 2 is 1.55 bits per heavy atom. The minimum absolute atomic E-state index is 0.159. The molecule has 3 aromatic rings. The zero-order chi connectivity index (χ0) is 20.6. The first-order valence-corrected chi connectivity index (χ1v) is 9.51. The number of hydrogen-bond acceptors (Lipinski definition) is 4. The van der Waals surface area contributed by atoms with E-state index in [0.29, 0.717) is 17.1 Å². The molecule has 148 valence electrons. The maximum Gasteiger partial charge on any atom is 0.338 e. The smallest absolute Gasteiger partial charge is 0.338 e. The van der Waals surface area contributed by atoms with Gasteiger partial charge in [-0.1, -0.05) is 72.3 Å². The predicted molar refractivity (Wildman–Crippen MR) is 114 cm³/mol. The van der Waals surface area contributed by atoms with Gasteiger partial charge in [-0.25, -0.2) is 4.79 Å². The number of anilines is 1. The molecule has 0 aromatic heterocycles. The highest BCUT2D eigenvalue weighted by Crippen LogP contribution is 2.24. The van der Waals surface area contributed by atoms with Crippen molar-refractivity contribution in [2.75, 3.05) is 5.32 Å². The van der Waals surface area contributed by atoms with Gasteiger partial charge in [0, 0.05) is 0 Å². The molecule has 5 nitrogen and oxygen atoms in total. The Morgan fingerprint density at radius 1 is 0.931 bits per heavy atom. The summed E-state index contributed by atoms with van der Waals surface area (Å²) in [5, 5.41) is 3.01. The molecule has 3 aromatic carbocycles. The summed E-state index contributed by atoms with van der Waals surface area (Å²) in [5.41, 5.74) is 8.46. The normalized spacial score (nSPS) is 11.5. The highest BCUT2D eigenvalue weighted by atomic mass is 35.5. The molecule has 6 heteroatoms. The molecule has 0 aliphatic rings. The molecule has 0 fully saturated rings. The lowest BCUT2D eigenvalue weighted by atomic mass is 10.1. The first-order valence-electron chi connectivity index (χ1n) is 9.14. The molecule has 29 heavy (non-hydrogen) atoms. The fourth-order valence-corrected chi connectivity index (χ4v) is 2.91. The molecule has 1 amide bonds. The third-order valence-electron chi connectivity index (χ3n) is 4.31. The lowest BCUT2D eigenvalue weighted by Gasteiger charge is -2.14. The fraction of sp³-hybridized carbons (Fsp3) is 0.130. The summed E-state index contributed by atoms with van der Waals surface area (Å²) in [6.45, 7) is 0.159. The van der Waals surface area contributed by atoms with E-state index in [9.17, 15) is 9.59 Å². The number of esters is 1. The number of hydrogen-bond donors (Lipinski definition) is 2. The van der Waals surface area contributed by atoms with E-state index in [1.165, 1.54) is 6.07 Å². The second-order valence-electron chi connectivity index (χ2n) is 6.54. The van der Waals surface area contributed by atoms with Crippen LogP contribution in [0.15, 0.2) is 78.9 Å². The van der Waals surface area contributed by atoms with E-state index in [4.69, 9.17) is 22.1 Å². The molecule has 0 aliphatic heterocycles. The number of nitrogens with one attached hydrogen (secondary N) is 1. The molecule has 0 aliphatic carbocycles. The minimum atomic E-state index is -0.748. The van der Waals surface area contributed by atoms with Crippen molar-refractivity contribution in [2.24, 2.45) is 5.73 Å². The number of nitrogens with two attached hydrogens (primary N) is 1. The van der Waals surface area contributed by atoms with Crippen LogP contribution in [0.1, 0.15) is 21.5 Å². The maximum atomic E-state index is 12.4. The number of rotatable bonds is 7. The van der Waals surface area contributed by atoms with Gasteiger partial charge in [0.1, 0.15) is 6.61 Å². The van der Waals surface area contributed by atoms with Gasteiger partial charge in [-0.2, -0.15) is 0 Å². The van der Waals surface area contributed by atoms with Gasteiger partial charge in [-0.15, -0.1) is 0 Å². The molecule has 1 atom stereocenters. The zero-order valence-corrected chi connectivity index (χ0v) is 16.4. The third-order valence-corrected chi connectivity index (χ3v) is 4.64. The standard InChI is InChI=1S/C23H21ClN2O3/c24-19-12-11-18(23(28)29-15-17-9-5-2-6-10-17)14-21(19)26-22(27)20(25)13-16-7-3-1-4-8-16/h1-12,14,20H,13,15,25H2,(H,26,27)/t20-/m0/s1. The average Bonchev–Trinajstić information content (AvgIpc) is 2.75. The number of ether oxygens (including phenoxy) is 1. The number of amides is 1. The van der Waals surface area contributed by atoms with Gasteiger partial charge in [-0.3, -0.25) is 4.79 Å². The molecular formula is C23H21ClN2O3. The number of carbonyl (C=O) groups is 2. The van der Waals surface area contributed by atoms with E-state index in [2.05, 4.69) is 5.32 Å². The quantitative estimate of drug-likeness (QED) is 0.574. The number of benzene rings is 3. The van der Waals surface area contributed by atoms with Gasteiger partial charge in [0.05, 0.1) is 22.3 Å². The summed E-state index contributed by atoms with van der Waals surface area (Å²) in [6.07, 6.45) is 0.392. The number of halogens is 1. The van der Waals surface area contributed by atoms with E-state index >= 15 is 0 Å². The van der Waals surface area contributed by atoms with Crippen molar-refractivity contribution in [1.82, 2.24) is 0 Å². The van der Waals surface area contributed by atoms with E-state index in [1.807, 2.05) is 60.7 Å². The predicted octanol–water partition coefficient (Wildman–Crippen LogP) is 4.21. The van der Waals surface area contributed by atoms with Crippen LogP contribution < -0.4 is 11.1 Å². The Kier molecular flexibility index (Phi) is 7.00. The van der Waals surface area contributed by atoms with Crippen LogP contribution in [0, 0.1) is 0 Å². The largest absolute Gasteiger partial charge is 0.457 e. The van der Waals surface area contributed by atoms with Crippen molar-refractivity contribution in [1.29, 1.82) is 0 Å². The first-order chi connectivity index (χ1) is 14.0. The summed E-state index contributed by atoms with van der Waals surface area (Å²) in [6, 6.07) is 22.7. The van der Waals surface area contributed by atoms with Crippen LogP contribution in [-0.2, 0) is 22.6 Å². The second kappa shape index (κ2) is 9.87. The Hall–Kier alpha value is -3.15. The van der Waals surface area contributed by atoms with Crippen molar-refractivity contribution < 1.29 is 14.3 Å². The summed E-state index contributed by atoms with van der Waals surface area (Å²) in [4.78, 5) is 24.8. The van der Waals surface area contributed by atoms with E-state index in [0.717, 1.165) is 11.1 Å². The van der Waals surface area contributed by atoms with Gasteiger partial charge in [0.2, 0.25) is 5.91 Å². The third kappa shape index (κ3) is 5.91. The topological polar surface area (TPSA) is 81.4 Å². The highest BCUT2D eigenvalue weighted by Gasteiger charge is 2.17. The van der Waals surface area contributed by atoms with Crippen molar-refractivity contribution in [2.45, 2.75) is 19.1 Å². The number of carbonyl (C=O) groups excluding carboxylic acids is 2. The van der Waals surface area contributed by atoms with Crippen molar-refractivity contribution >= 4 is 29.2 Å². The molecule has 0 radical (unpaired) electrons. The molecule has 0 saturated carbocycles. The summed E-state index contributed by atoms with van der Waals surface area (Å²) in [5.74, 6) is -0.889. The highest BCUT2D eigenvalue weighted by molar-refractivity contribution is 6.34. The Balaban J connectivity index is 1.63. The van der Waals surface area contributed by atoms with Crippen molar-refractivity contribution in [3.63, 3.8) is 0 Å². The van der Waals surface area contributed by atoms with Gasteiger partial charge in [0.25, 0.3) is 0 Å². The zero-order valence-electron chi connectivity index (χ0n) is 15.7. The first kappa shape index (κ1) is 20.6. The SMILES string of the molecule is N[C@@H](Cc1ccccc1)C(=O)Nc1cc(C(=O)OCc2ccccc2)ccc1Cl. The van der Waals surface area contributed by atoms with Crippen LogP contribution in [0.25, 0.3) is 0 Å². The summed E-state index contributed by atoms with van der Waals surface area (Å²) in [7, 11) is 0. The monoisotopic (exact) mass is 408 g/mol. The molecule has 0 spiro atoms. The van der Waals surface area contributed by atoms with Gasteiger partial charge >= 0.3 is 5.97 Å². The van der Waals surface area contributed by atoms with Gasteiger partial charge < -0.3 is 15.8 Å². The Labute approximate surface area is 174 Å². The lowest BCUT2D eigenvalue weighted by Crippen LogP contribution is -2.37. The van der Waals surface area contributed by atoms with Crippen molar-refractivity contribution in [3.8, 4) is 0 Å². The minimum Gasteiger partial charge on any atom is -0.457 e. The molecule has 0 saturated heterocycles. The molecule has 0 bridgehead atoms. The fourth-order valence-electron chi connectivity index (χ4n) is 2.74. The van der Waals surface area contributed by atoms with E-state index in [-0.39, 0.29) is 18.1 Å². The average molecular weight is 409 g/mol. The molecular weight excluding hydrogens is 388 g/mol. The van der Waals surface area contributed by atoms with Crippen LogP contribution in [0.3, 0.4) is 0 Å². The lowest BCUT2D eigenvalue weighted by molar-refractivity contribution is -0.117. The second-order valence-corrected chi connectivity index (χ2v) is 6.95. The van der Waals surface area contributed by atoms with E-state index < -0.39 is 12.0 Å². The van der Waals surface area contributed by atoms with Crippen LogP contribution in [0.5, 0.6) is 0 Å². The van der Waals surface area contributed by atoms with Crippen LogP contribution in [-0.4, -0.2) is 17.9 Å².